The highest BCUT2D eigenvalue weighted by Crippen LogP contribution is 2.07. The third kappa shape index (κ3) is 6.25. The number of hydrogen-bond acceptors (Lipinski definition) is 3. The van der Waals surface area contributed by atoms with Crippen molar-refractivity contribution in [3.63, 3.8) is 0 Å². The van der Waals surface area contributed by atoms with E-state index in [2.05, 4.69) is 24.3 Å². The van der Waals surface area contributed by atoms with Crippen molar-refractivity contribution in [2.45, 2.75) is 39.7 Å². The van der Waals surface area contributed by atoms with E-state index in [1.54, 1.807) is 0 Å². The van der Waals surface area contributed by atoms with E-state index < -0.39 is 0 Å². The molecule has 1 aromatic rings. The third-order valence-corrected chi connectivity index (χ3v) is 3.04. The Morgan fingerprint density at radius 1 is 1.37 bits per heavy atom. The highest BCUT2D eigenvalue weighted by molar-refractivity contribution is 5.97. The Hall–Kier alpha value is -1.55. The van der Waals surface area contributed by atoms with E-state index >= 15 is 0 Å². The van der Waals surface area contributed by atoms with Gasteiger partial charge in [-0.05, 0) is 30.5 Å². The molecule has 0 aromatic heterocycles. The lowest BCUT2D eigenvalue weighted by Gasteiger charge is -2.07. The smallest absolute Gasteiger partial charge is 0.170 e. The molecule has 0 amide bonds. The van der Waals surface area contributed by atoms with Crippen LogP contribution in [-0.2, 0) is 6.54 Å². The molecule has 4 heteroatoms. The maximum absolute atomic E-state index is 8.64. The number of nitrogens with zero attached hydrogens (tertiary/aromatic N) is 1. The number of oxime groups is 1. The van der Waals surface area contributed by atoms with Crippen molar-refractivity contribution in [1.82, 2.24) is 5.32 Å². The summed E-state index contributed by atoms with van der Waals surface area (Å²) in [7, 11) is 0. The SMILES string of the molecule is CC(C)CCCCNCc1cccc(/C(N)=N/O)c1. The average molecular weight is 263 g/mol. The Bertz CT molecular complexity index is 402. The van der Waals surface area contributed by atoms with Crippen LogP contribution in [-0.4, -0.2) is 17.6 Å². The fraction of sp³-hybridized carbons (Fsp3) is 0.533. The lowest BCUT2D eigenvalue weighted by molar-refractivity contribution is 0.318. The first-order valence-electron chi connectivity index (χ1n) is 6.91. The normalized spacial score (nSPS) is 12.1. The van der Waals surface area contributed by atoms with Crippen LogP contribution in [0.3, 0.4) is 0 Å². The Morgan fingerprint density at radius 3 is 2.84 bits per heavy atom. The lowest BCUT2D eigenvalue weighted by atomic mass is 10.1. The predicted molar refractivity (Wildman–Crippen MR) is 79.3 cm³/mol. The molecule has 4 N–H and O–H groups in total. The van der Waals surface area contributed by atoms with Crippen LogP contribution in [0.1, 0.15) is 44.2 Å². The molecule has 0 aliphatic carbocycles. The standard InChI is InChI=1S/C15H25N3O/c1-12(2)6-3-4-9-17-11-13-7-5-8-14(10-13)15(16)18-19/h5,7-8,10,12,17,19H,3-4,6,9,11H2,1-2H3,(H2,16,18). The predicted octanol–water partition coefficient (Wildman–Crippen LogP) is 2.70. The van der Waals surface area contributed by atoms with E-state index in [1.165, 1.54) is 19.3 Å². The number of unbranched alkanes of at least 4 members (excludes halogenated alkanes) is 1. The molecule has 0 aliphatic rings. The van der Waals surface area contributed by atoms with Crippen LogP contribution in [0.25, 0.3) is 0 Å². The van der Waals surface area contributed by atoms with Crippen molar-refractivity contribution in [2.24, 2.45) is 16.8 Å². The van der Waals surface area contributed by atoms with E-state index in [4.69, 9.17) is 10.9 Å². The monoisotopic (exact) mass is 263 g/mol. The first kappa shape index (κ1) is 15.5. The highest BCUT2D eigenvalue weighted by atomic mass is 16.4. The molecule has 19 heavy (non-hydrogen) atoms. The van der Waals surface area contributed by atoms with Crippen LogP contribution < -0.4 is 11.1 Å². The molecule has 106 valence electrons. The van der Waals surface area contributed by atoms with E-state index in [1.807, 2.05) is 24.3 Å². The first-order chi connectivity index (χ1) is 9.13. The number of hydrogen-bond donors (Lipinski definition) is 3. The molecule has 0 heterocycles. The van der Waals surface area contributed by atoms with E-state index in [0.29, 0.717) is 0 Å². The molecular formula is C15H25N3O. The maximum Gasteiger partial charge on any atom is 0.170 e. The molecule has 0 aliphatic heterocycles. The van der Waals surface area contributed by atoms with Gasteiger partial charge in [-0.2, -0.15) is 0 Å². The van der Waals surface area contributed by atoms with Gasteiger partial charge in [-0.3, -0.25) is 0 Å². The third-order valence-electron chi connectivity index (χ3n) is 3.04. The zero-order chi connectivity index (χ0) is 14.1. The largest absolute Gasteiger partial charge is 0.409 e. The second kappa shape index (κ2) is 8.53. The van der Waals surface area contributed by atoms with Crippen LogP contribution in [0.4, 0.5) is 0 Å². The highest BCUT2D eigenvalue weighted by Gasteiger charge is 2.00. The maximum atomic E-state index is 8.64. The van der Waals surface area contributed by atoms with Crippen molar-refractivity contribution in [3.05, 3.63) is 35.4 Å². The minimum atomic E-state index is 0.152. The molecule has 1 rings (SSSR count). The fourth-order valence-electron chi connectivity index (χ4n) is 1.93. The van der Waals surface area contributed by atoms with Crippen molar-refractivity contribution >= 4 is 5.84 Å². The molecule has 0 saturated heterocycles. The Balaban J connectivity index is 2.30. The molecule has 0 fully saturated rings. The minimum absolute atomic E-state index is 0.152. The summed E-state index contributed by atoms with van der Waals surface area (Å²) in [6, 6.07) is 7.73. The molecule has 0 bridgehead atoms. The Labute approximate surface area is 115 Å². The fourth-order valence-corrected chi connectivity index (χ4v) is 1.93. The summed E-state index contributed by atoms with van der Waals surface area (Å²) < 4.78 is 0. The molecule has 1 aromatic carbocycles. The van der Waals surface area contributed by atoms with Gasteiger partial charge in [0.2, 0.25) is 0 Å². The molecule has 4 nitrogen and oxygen atoms in total. The summed E-state index contributed by atoms with van der Waals surface area (Å²) in [6.45, 7) is 6.35. The number of amidine groups is 1. The van der Waals surface area contributed by atoms with Gasteiger partial charge in [0.1, 0.15) is 0 Å². The lowest BCUT2D eigenvalue weighted by Crippen LogP contribution is -2.16. The summed E-state index contributed by atoms with van der Waals surface area (Å²) in [4.78, 5) is 0. The van der Waals surface area contributed by atoms with Crippen LogP contribution in [0.5, 0.6) is 0 Å². The van der Waals surface area contributed by atoms with Gasteiger partial charge in [0.15, 0.2) is 5.84 Å². The quantitative estimate of drug-likeness (QED) is 0.222. The van der Waals surface area contributed by atoms with E-state index in [0.717, 1.165) is 30.1 Å². The van der Waals surface area contributed by atoms with Crippen LogP contribution in [0, 0.1) is 5.92 Å². The van der Waals surface area contributed by atoms with Crippen molar-refractivity contribution in [2.75, 3.05) is 6.54 Å². The van der Waals surface area contributed by atoms with Crippen LogP contribution in [0.15, 0.2) is 29.4 Å². The molecule has 0 unspecified atom stereocenters. The molecule has 0 radical (unpaired) electrons. The Morgan fingerprint density at radius 2 is 2.16 bits per heavy atom. The second-order valence-corrected chi connectivity index (χ2v) is 5.25. The first-order valence-corrected chi connectivity index (χ1v) is 6.91. The Kier molecular flexibility index (Phi) is 6.97. The van der Waals surface area contributed by atoms with Gasteiger partial charge >= 0.3 is 0 Å². The van der Waals surface area contributed by atoms with Crippen LogP contribution >= 0.6 is 0 Å². The molecule has 0 saturated carbocycles. The number of nitrogens with two attached hydrogens (primary N) is 1. The van der Waals surface area contributed by atoms with Gasteiger partial charge in [-0.1, -0.05) is 50.0 Å². The number of benzene rings is 1. The van der Waals surface area contributed by atoms with E-state index in [-0.39, 0.29) is 5.84 Å². The summed E-state index contributed by atoms with van der Waals surface area (Å²) in [5.41, 5.74) is 7.46. The minimum Gasteiger partial charge on any atom is -0.409 e. The van der Waals surface area contributed by atoms with E-state index in [9.17, 15) is 0 Å². The average Bonchev–Trinajstić information content (AvgIpc) is 2.41. The molecule has 0 spiro atoms. The zero-order valence-electron chi connectivity index (χ0n) is 11.9. The van der Waals surface area contributed by atoms with Gasteiger partial charge < -0.3 is 16.3 Å². The van der Waals surface area contributed by atoms with Gasteiger partial charge in [0, 0.05) is 12.1 Å². The molecular weight excluding hydrogens is 238 g/mol. The van der Waals surface area contributed by atoms with Crippen molar-refractivity contribution < 1.29 is 5.21 Å². The summed E-state index contributed by atoms with van der Waals surface area (Å²) in [5, 5.41) is 15.1. The van der Waals surface area contributed by atoms with Gasteiger partial charge in [-0.25, -0.2) is 0 Å². The summed E-state index contributed by atoms with van der Waals surface area (Å²) in [5.74, 6) is 0.941. The van der Waals surface area contributed by atoms with Crippen molar-refractivity contribution in [3.8, 4) is 0 Å². The van der Waals surface area contributed by atoms with Gasteiger partial charge in [-0.15, -0.1) is 0 Å². The van der Waals surface area contributed by atoms with Crippen molar-refractivity contribution in [1.29, 1.82) is 0 Å². The number of rotatable bonds is 8. The van der Waals surface area contributed by atoms with Gasteiger partial charge in [0.25, 0.3) is 0 Å². The zero-order valence-corrected chi connectivity index (χ0v) is 11.9. The summed E-state index contributed by atoms with van der Waals surface area (Å²) >= 11 is 0. The number of nitrogens with one attached hydrogen (secondary N) is 1. The van der Waals surface area contributed by atoms with Crippen LogP contribution in [0.2, 0.25) is 0 Å². The molecule has 0 atom stereocenters. The second-order valence-electron chi connectivity index (χ2n) is 5.25. The topological polar surface area (TPSA) is 70.6 Å². The van der Waals surface area contributed by atoms with Gasteiger partial charge in [0.05, 0.1) is 0 Å². The summed E-state index contributed by atoms with van der Waals surface area (Å²) in [6.07, 6.45) is 3.77.